The summed E-state index contributed by atoms with van der Waals surface area (Å²) in [4.78, 5) is 0. The lowest BCUT2D eigenvalue weighted by atomic mass is 9.85. The molecule has 1 aliphatic carbocycles. The topological polar surface area (TPSA) is 0 Å². The highest BCUT2D eigenvalue weighted by molar-refractivity contribution is 5.11. The van der Waals surface area contributed by atoms with Crippen LogP contribution >= 0.6 is 0 Å². The highest BCUT2D eigenvalue weighted by Gasteiger charge is 2.12. The summed E-state index contributed by atoms with van der Waals surface area (Å²) in [5.41, 5.74) is 3.28. The zero-order chi connectivity index (χ0) is 7.56. The summed E-state index contributed by atoms with van der Waals surface area (Å²) >= 11 is 0. The minimum Gasteiger partial charge on any atom is -0.0772 e. The van der Waals surface area contributed by atoms with E-state index in [1.54, 1.807) is 11.1 Å². The fraction of sp³-hybridized carbons (Fsp3) is 0.800. The summed E-state index contributed by atoms with van der Waals surface area (Å²) in [6.45, 7) is 6.85. The summed E-state index contributed by atoms with van der Waals surface area (Å²) < 4.78 is 0. The smallest absolute Gasteiger partial charge is 0.0292 e. The molecule has 0 bridgehead atoms. The van der Waals surface area contributed by atoms with Crippen LogP contribution in [0.5, 0.6) is 0 Å². The second-order valence-corrected chi connectivity index (χ2v) is 3.81. The molecule has 0 aliphatic heterocycles. The molecule has 1 unspecified atom stereocenters. The quantitative estimate of drug-likeness (QED) is 0.449. The summed E-state index contributed by atoms with van der Waals surface area (Å²) in [6, 6.07) is 0. The van der Waals surface area contributed by atoms with Crippen LogP contribution in [0.4, 0.5) is 0 Å². The molecule has 1 fully saturated rings. The zero-order valence-corrected chi connectivity index (χ0v) is 7.41. The van der Waals surface area contributed by atoms with Gasteiger partial charge in [0.25, 0.3) is 0 Å². The van der Waals surface area contributed by atoms with Crippen molar-refractivity contribution in [2.75, 3.05) is 0 Å². The largest absolute Gasteiger partial charge is 0.0772 e. The van der Waals surface area contributed by atoms with Crippen LogP contribution in [-0.2, 0) is 0 Å². The highest BCUT2D eigenvalue weighted by Crippen LogP contribution is 2.29. The molecule has 0 heteroatoms. The average Bonchev–Trinajstić information content (AvgIpc) is 1.88. The van der Waals surface area contributed by atoms with E-state index < -0.39 is 0 Å². The lowest BCUT2D eigenvalue weighted by Gasteiger charge is -2.21. The van der Waals surface area contributed by atoms with Gasteiger partial charge in [0.15, 0.2) is 0 Å². The Labute approximate surface area is 64.3 Å². The van der Waals surface area contributed by atoms with Gasteiger partial charge < -0.3 is 0 Å². The van der Waals surface area contributed by atoms with Crippen LogP contribution in [0.15, 0.2) is 11.1 Å². The molecule has 1 saturated carbocycles. The van der Waals surface area contributed by atoms with E-state index in [2.05, 4.69) is 20.8 Å². The van der Waals surface area contributed by atoms with E-state index in [4.69, 9.17) is 0 Å². The van der Waals surface area contributed by atoms with E-state index in [1.165, 1.54) is 25.7 Å². The van der Waals surface area contributed by atoms with Crippen LogP contribution in [0.3, 0.4) is 0 Å². The maximum Gasteiger partial charge on any atom is -0.0292 e. The molecule has 0 heterocycles. The second-order valence-electron chi connectivity index (χ2n) is 3.81. The van der Waals surface area contributed by atoms with E-state index >= 15 is 0 Å². The summed E-state index contributed by atoms with van der Waals surface area (Å²) in [5.74, 6) is 0.943. The van der Waals surface area contributed by atoms with Gasteiger partial charge in [0.2, 0.25) is 0 Å². The first-order valence-electron chi connectivity index (χ1n) is 4.35. The Morgan fingerprint density at radius 3 is 2.50 bits per heavy atom. The van der Waals surface area contributed by atoms with Gasteiger partial charge in [-0.2, -0.15) is 0 Å². The summed E-state index contributed by atoms with van der Waals surface area (Å²) in [7, 11) is 0. The first kappa shape index (κ1) is 7.84. The third kappa shape index (κ3) is 1.86. The van der Waals surface area contributed by atoms with E-state index in [9.17, 15) is 0 Å². The van der Waals surface area contributed by atoms with Gasteiger partial charge in [-0.1, -0.05) is 24.5 Å². The number of hydrogen-bond donors (Lipinski definition) is 0. The third-order valence-corrected chi connectivity index (χ3v) is 2.48. The molecule has 1 rings (SSSR count). The Morgan fingerprint density at radius 1 is 1.40 bits per heavy atom. The molecule has 10 heavy (non-hydrogen) atoms. The molecule has 0 amide bonds. The van der Waals surface area contributed by atoms with E-state index in [0.717, 1.165) is 5.92 Å². The van der Waals surface area contributed by atoms with Crippen molar-refractivity contribution in [1.29, 1.82) is 0 Å². The van der Waals surface area contributed by atoms with Gasteiger partial charge in [-0.15, -0.1) is 0 Å². The van der Waals surface area contributed by atoms with Crippen LogP contribution < -0.4 is 0 Å². The van der Waals surface area contributed by atoms with Gasteiger partial charge in [-0.3, -0.25) is 0 Å². The van der Waals surface area contributed by atoms with Gasteiger partial charge in [0, 0.05) is 0 Å². The van der Waals surface area contributed by atoms with Crippen molar-refractivity contribution in [3.05, 3.63) is 11.1 Å². The summed E-state index contributed by atoms with van der Waals surface area (Å²) in [5, 5.41) is 0. The molecule has 1 atom stereocenters. The molecular formula is C10H18. The van der Waals surface area contributed by atoms with Crippen molar-refractivity contribution in [2.45, 2.75) is 46.5 Å². The number of rotatable bonds is 0. The minimum absolute atomic E-state index is 0.943. The van der Waals surface area contributed by atoms with Crippen molar-refractivity contribution in [2.24, 2.45) is 5.92 Å². The first-order chi connectivity index (χ1) is 4.70. The van der Waals surface area contributed by atoms with E-state index in [1.807, 2.05) is 0 Å². The first-order valence-corrected chi connectivity index (χ1v) is 4.35. The van der Waals surface area contributed by atoms with Gasteiger partial charge in [0.1, 0.15) is 0 Å². The molecule has 0 aromatic carbocycles. The Balaban J connectivity index is 2.55. The minimum atomic E-state index is 0.943. The standard InChI is InChI=1S/C10H18/c1-8(2)10-6-4-5-9(3)7-10/h9H,4-7H2,1-3H3. The Bertz CT molecular complexity index is 138. The van der Waals surface area contributed by atoms with Gasteiger partial charge in [-0.05, 0) is 39.0 Å². The van der Waals surface area contributed by atoms with Crippen molar-refractivity contribution in [1.82, 2.24) is 0 Å². The summed E-state index contributed by atoms with van der Waals surface area (Å²) in [6.07, 6.45) is 5.59. The van der Waals surface area contributed by atoms with Crippen LogP contribution in [-0.4, -0.2) is 0 Å². The molecule has 0 nitrogen and oxygen atoms in total. The molecule has 0 spiro atoms. The van der Waals surface area contributed by atoms with Crippen molar-refractivity contribution >= 4 is 0 Å². The third-order valence-electron chi connectivity index (χ3n) is 2.48. The molecule has 0 N–H and O–H groups in total. The molecule has 1 aliphatic rings. The monoisotopic (exact) mass is 138 g/mol. The SMILES string of the molecule is CC(C)=C1CCCC(C)C1. The van der Waals surface area contributed by atoms with Gasteiger partial charge >= 0.3 is 0 Å². The van der Waals surface area contributed by atoms with Crippen LogP contribution in [0.1, 0.15) is 46.5 Å². The molecule has 58 valence electrons. The molecule has 0 radical (unpaired) electrons. The normalized spacial score (nSPS) is 26.7. The van der Waals surface area contributed by atoms with Gasteiger partial charge in [-0.25, -0.2) is 0 Å². The fourth-order valence-electron chi connectivity index (χ4n) is 1.74. The highest BCUT2D eigenvalue weighted by atomic mass is 14.2. The van der Waals surface area contributed by atoms with Crippen LogP contribution in [0, 0.1) is 5.92 Å². The lowest BCUT2D eigenvalue weighted by molar-refractivity contribution is 0.450. The van der Waals surface area contributed by atoms with Crippen molar-refractivity contribution < 1.29 is 0 Å². The molecule has 0 aromatic heterocycles. The van der Waals surface area contributed by atoms with Crippen molar-refractivity contribution in [3.8, 4) is 0 Å². The van der Waals surface area contributed by atoms with E-state index in [0.29, 0.717) is 0 Å². The Kier molecular flexibility index (Phi) is 2.53. The fourth-order valence-corrected chi connectivity index (χ4v) is 1.74. The predicted octanol–water partition coefficient (Wildman–Crippen LogP) is 3.53. The number of hydrogen-bond acceptors (Lipinski definition) is 0. The maximum absolute atomic E-state index is 2.36. The molecular weight excluding hydrogens is 120 g/mol. The average molecular weight is 138 g/mol. The molecule has 0 saturated heterocycles. The molecule has 0 aromatic rings. The predicted molar refractivity (Wildman–Crippen MR) is 46.0 cm³/mol. The maximum atomic E-state index is 2.36. The van der Waals surface area contributed by atoms with Crippen LogP contribution in [0.25, 0.3) is 0 Å². The zero-order valence-electron chi connectivity index (χ0n) is 7.41. The van der Waals surface area contributed by atoms with E-state index in [-0.39, 0.29) is 0 Å². The van der Waals surface area contributed by atoms with Crippen LogP contribution in [0.2, 0.25) is 0 Å². The van der Waals surface area contributed by atoms with Crippen molar-refractivity contribution in [3.63, 3.8) is 0 Å². The number of allylic oxidation sites excluding steroid dienone is 2. The van der Waals surface area contributed by atoms with Gasteiger partial charge in [0.05, 0.1) is 0 Å². The second kappa shape index (κ2) is 3.23. The lowest BCUT2D eigenvalue weighted by Crippen LogP contribution is -2.05. The Hall–Kier alpha value is -0.260. The Morgan fingerprint density at radius 2 is 2.10 bits per heavy atom.